The molecule has 1 heterocycles. The summed E-state index contributed by atoms with van der Waals surface area (Å²) in [5.74, 6) is 0.971. The lowest BCUT2D eigenvalue weighted by atomic mass is 9.82. The molecular formula is C15H22O2. The third kappa shape index (κ3) is 3.22. The molecule has 94 valence electrons. The first-order chi connectivity index (χ1) is 8.24. The Bertz CT molecular complexity index is 338. The fourth-order valence-corrected chi connectivity index (χ4v) is 2.11. The quantitative estimate of drug-likeness (QED) is 0.749. The molecular weight excluding hydrogens is 212 g/mol. The van der Waals surface area contributed by atoms with Gasteiger partial charge in [-0.15, -0.1) is 0 Å². The molecule has 2 heteroatoms. The third-order valence-corrected chi connectivity index (χ3v) is 3.44. The van der Waals surface area contributed by atoms with E-state index in [4.69, 9.17) is 9.47 Å². The lowest BCUT2D eigenvalue weighted by Crippen LogP contribution is -2.47. The fraction of sp³-hybridized carbons (Fsp3) is 0.600. The third-order valence-electron chi connectivity index (χ3n) is 3.44. The summed E-state index contributed by atoms with van der Waals surface area (Å²) in [7, 11) is 0. The van der Waals surface area contributed by atoms with Gasteiger partial charge in [0.15, 0.2) is 0 Å². The molecule has 2 nitrogen and oxygen atoms in total. The Morgan fingerprint density at radius 3 is 2.47 bits per heavy atom. The normalized spacial score (nSPS) is 17.5. The summed E-state index contributed by atoms with van der Waals surface area (Å²) in [5.41, 5.74) is 1.55. The van der Waals surface area contributed by atoms with Crippen molar-refractivity contribution in [2.45, 2.75) is 33.1 Å². The smallest absolute Gasteiger partial charge is 0.119 e. The summed E-state index contributed by atoms with van der Waals surface area (Å²) in [6.45, 7) is 6.83. The SMILES string of the molecule is CCCCC1(COc2ccc(C)cc2)COC1. The van der Waals surface area contributed by atoms with E-state index in [9.17, 15) is 0 Å². The molecule has 1 fully saturated rings. The predicted octanol–water partition coefficient (Wildman–Crippen LogP) is 3.58. The van der Waals surface area contributed by atoms with E-state index in [0.29, 0.717) is 0 Å². The fourth-order valence-electron chi connectivity index (χ4n) is 2.11. The molecule has 0 unspecified atom stereocenters. The van der Waals surface area contributed by atoms with Gasteiger partial charge in [-0.2, -0.15) is 0 Å². The van der Waals surface area contributed by atoms with Crippen LogP contribution in [0.25, 0.3) is 0 Å². The van der Waals surface area contributed by atoms with Gasteiger partial charge in [0.25, 0.3) is 0 Å². The van der Waals surface area contributed by atoms with Gasteiger partial charge in [0.2, 0.25) is 0 Å². The molecule has 17 heavy (non-hydrogen) atoms. The second-order valence-electron chi connectivity index (χ2n) is 5.20. The van der Waals surface area contributed by atoms with E-state index in [0.717, 1.165) is 25.6 Å². The van der Waals surface area contributed by atoms with Crippen LogP contribution in [0, 0.1) is 12.3 Å². The molecule has 1 saturated heterocycles. The monoisotopic (exact) mass is 234 g/mol. The van der Waals surface area contributed by atoms with Gasteiger partial charge >= 0.3 is 0 Å². The summed E-state index contributed by atoms with van der Waals surface area (Å²) in [4.78, 5) is 0. The number of benzene rings is 1. The van der Waals surface area contributed by atoms with Crippen molar-refractivity contribution >= 4 is 0 Å². The maximum atomic E-state index is 5.89. The first kappa shape index (κ1) is 12.4. The molecule has 2 rings (SSSR count). The van der Waals surface area contributed by atoms with Crippen LogP contribution >= 0.6 is 0 Å². The first-order valence-electron chi connectivity index (χ1n) is 6.51. The van der Waals surface area contributed by atoms with Crippen LogP contribution in [0.1, 0.15) is 31.7 Å². The van der Waals surface area contributed by atoms with Gasteiger partial charge in [-0.25, -0.2) is 0 Å². The van der Waals surface area contributed by atoms with Crippen LogP contribution in [0.15, 0.2) is 24.3 Å². The highest BCUT2D eigenvalue weighted by molar-refractivity contribution is 5.26. The standard InChI is InChI=1S/C15H22O2/c1-3-4-9-15(10-16-11-15)12-17-14-7-5-13(2)6-8-14/h5-8H,3-4,9-12H2,1-2H3. The molecule has 0 aliphatic carbocycles. The molecule has 0 spiro atoms. The largest absolute Gasteiger partial charge is 0.493 e. The summed E-state index contributed by atoms with van der Waals surface area (Å²) < 4.78 is 11.2. The highest BCUT2D eigenvalue weighted by atomic mass is 16.5. The Balaban J connectivity index is 1.85. The molecule has 1 aliphatic heterocycles. The van der Waals surface area contributed by atoms with E-state index in [-0.39, 0.29) is 5.41 Å². The van der Waals surface area contributed by atoms with Crippen molar-refractivity contribution in [1.29, 1.82) is 0 Å². The first-order valence-corrected chi connectivity index (χ1v) is 6.51. The summed E-state index contributed by atoms with van der Waals surface area (Å²) in [6, 6.07) is 8.27. The Morgan fingerprint density at radius 1 is 1.24 bits per heavy atom. The summed E-state index contributed by atoms with van der Waals surface area (Å²) >= 11 is 0. The average molecular weight is 234 g/mol. The van der Waals surface area contributed by atoms with Crippen molar-refractivity contribution < 1.29 is 9.47 Å². The zero-order chi connectivity index (χ0) is 12.1. The maximum Gasteiger partial charge on any atom is 0.119 e. The second-order valence-corrected chi connectivity index (χ2v) is 5.20. The number of ether oxygens (including phenoxy) is 2. The zero-order valence-electron chi connectivity index (χ0n) is 10.9. The van der Waals surface area contributed by atoms with E-state index >= 15 is 0 Å². The minimum atomic E-state index is 0.279. The van der Waals surface area contributed by atoms with Crippen LogP contribution in [0.2, 0.25) is 0 Å². The van der Waals surface area contributed by atoms with Gasteiger partial charge < -0.3 is 9.47 Å². The molecule has 0 saturated carbocycles. The maximum absolute atomic E-state index is 5.89. The van der Waals surface area contributed by atoms with Gasteiger partial charge in [0.1, 0.15) is 5.75 Å². The number of rotatable bonds is 6. The van der Waals surface area contributed by atoms with Crippen LogP contribution in [0.4, 0.5) is 0 Å². The molecule has 1 aliphatic rings. The average Bonchev–Trinajstić information content (AvgIpc) is 2.30. The topological polar surface area (TPSA) is 18.5 Å². The second kappa shape index (κ2) is 5.54. The lowest BCUT2D eigenvalue weighted by Gasteiger charge is -2.41. The van der Waals surface area contributed by atoms with Crippen LogP contribution in [0.5, 0.6) is 5.75 Å². The van der Waals surface area contributed by atoms with Crippen molar-refractivity contribution in [3.8, 4) is 5.75 Å². The van der Waals surface area contributed by atoms with E-state index in [1.807, 2.05) is 12.1 Å². The van der Waals surface area contributed by atoms with Crippen LogP contribution in [0.3, 0.4) is 0 Å². The highest BCUT2D eigenvalue weighted by Gasteiger charge is 2.38. The number of hydrogen-bond acceptors (Lipinski definition) is 2. The van der Waals surface area contributed by atoms with Crippen LogP contribution < -0.4 is 4.74 Å². The zero-order valence-corrected chi connectivity index (χ0v) is 10.9. The lowest BCUT2D eigenvalue weighted by molar-refractivity contribution is -0.136. The molecule has 1 aromatic rings. The van der Waals surface area contributed by atoms with Crippen molar-refractivity contribution in [2.75, 3.05) is 19.8 Å². The van der Waals surface area contributed by atoms with Crippen LogP contribution in [-0.2, 0) is 4.74 Å². The van der Waals surface area contributed by atoms with Crippen LogP contribution in [-0.4, -0.2) is 19.8 Å². The highest BCUT2D eigenvalue weighted by Crippen LogP contribution is 2.34. The number of hydrogen-bond donors (Lipinski definition) is 0. The van der Waals surface area contributed by atoms with E-state index in [1.54, 1.807) is 0 Å². The minimum absolute atomic E-state index is 0.279. The van der Waals surface area contributed by atoms with Crippen molar-refractivity contribution in [3.63, 3.8) is 0 Å². The molecule has 1 aromatic carbocycles. The minimum Gasteiger partial charge on any atom is -0.493 e. The molecule has 0 N–H and O–H groups in total. The Hall–Kier alpha value is -1.02. The molecule has 0 atom stereocenters. The Kier molecular flexibility index (Phi) is 4.06. The van der Waals surface area contributed by atoms with Gasteiger partial charge in [-0.05, 0) is 25.5 Å². The van der Waals surface area contributed by atoms with E-state index < -0.39 is 0 Å². The van der Waals surface area contributed by atoms with Gasteiger partial charge in [-0.1, -0.05) is 37.5 Å². The van der Waals surface area contributed by atoms with Crippen molar-refractivity contribution in [3.05, 3.63) is 29.8 Å². The summed E-state index contributed by atoms with van der Waals surface area (Å²) in [5, 5.41) is 0. The molecule has 0 aromatic heterocycles. The van der Waals surface area contributed by atoms with Crippen molar-refractivity contribution in [2.24, 2.45) is 5.41 Å². The summed E-state index contributed by atoms with van der Waals surface area (Å²) in [6.07, 6.45) is 3.72. The van der Waals surface area contributed by atoms with Crippen molar-refractivity contribution in [1.82, 2.24) is 0 Å². The molecule has 0 radical (unpaired) electrons. The molecule has 0 amide bonds. The Morgan fingerprint density at radius 2 is 1.94 bits per heavy atom. The predicted molar refractivity (Wildman–Crippen MR) is 69.5 cm³/mol. The van der Waals surface area contributed by atoms with Gasteiger partial charge in [0.05, 0.1) is 25.2 Å². The molecule has 0 bridgehead atoms. The van der Waals surface area contributed by atoms with E-state index in [1.165, 1.54) is 24.8 Å². The van der Waals surface area contributed by atoms with Gasteiger partial charge in [0, 0.05) is 0 Å². The number of aryl methyl sites for hydroxylation is 1. The number of unbranched alkanes of at least 4 members (excludes halogenated alkanes) is 1. The van der Waals surface area contributed by atoms with E-state index in [2.05, 4.69) is 26.0 Å². The Labute approximate surface area is 104 Å². The van der Waals surface area contributed by atoms with Gasteiger partial charge in [-0.3, -0.25) is 0 Å².